The number of nitrogens with zero attached hydrogens (tertiary/aromatic N) is 2. The molecular weight excluding hydrogens is 232 g/mol. The first-order valence-electron chi connectivity index (χ1n) is 5.62. The molecule has 1 N–H and O–H groups in total. The van der Waals surface area contributed by atoms with Gasteiger partial charge in [-0.15, -0.1) is 0 Å². The number of hydrogen-bond acceptors (Lipinski definition) is 4. The molecule has 0 amide bonds. The summed E-state index contributed by atoms with van der Waals surface area (Å²) < 4.78 is 12.2. The maximum absolute atomic E-state index is 10.0. The molecule has 18 heavy (non-hydrogen) atoms. The SMILES string of the molecule is COc1cccc(C(O)COc2cnn(C)c2)c1. The predicted octanol–water partition coefficient (Wildman–Crippen LogP) is 1.54. The minimum absolute atomic E-state index is 0.179. The summed E-state index contributed by atoms with van der Waals surface area (Å²) in [5.41, 5.74) is 0.762. The van der Waals surface area contributed by atoms with Crippen LogP contribution >= 0.6 is 0 Å². The summed E-state index contributed by atoms with van der Waals surface area (Å²) in [6.45, 7) is 0.179. The molecule has 0 fully saturated rings. The second kappa shape index (κ2) is 5.55. The molecule has 1 heterocycles. The van der Waals surface area contributed by atoms with Crippen molar-refractivity contribution in [3.63, 3.8) is 0 Å². The van der Waals surface area contributed by atoms with Crippen LogP contribution in [0.3, 0.4) is 0 Å². The van der Waals surface area contributed by atoms with Gasteiger partial charge in [-0.2, -0.15) is 5.10 Å². The zero-order chi connectivity index (χ0) is 13.0. The molecule has 0 spiro atoms. The van der Waals surface area contributed by atoms with Gasteiger partial charge in [0.2, 0.25) is 0 Å². The summed E-state index contributed by atoms with van der Waals surface area (Å²) in [5.74, 6) is 1.35. The Hall–Kier alpha value is -2.01. The van der Waals surface area contributed by atoms with Crippen LogP contribution < -0.4 is 9.47 Å². The van der Waals surface area contributed by atoms with Crippen LogP contribution in [-0.2, 0) is 7.05 Å². The van der Waals surface area contributed by atoms with E-state index in [0.29, 0.717) is 11.5 Å². The van der Waals surface area contributed by atoms with Crippen molar-refractivity contribution in [2.24, 2.45) is 7.05 Å². The fraction of sp³-hybridized carbons (Fsp3) is 0.308. The van der Waals surface area contributed by atoms with Crippen molar-refractivity contribution in [1.29, 1.82) is 0 Å². The van der Waals surface area contributed by atoms with Crippen LogP contribution in [0.15, 0.2) is 36.7 Å². The van der Waals surface area contributed by atoms with E-state index < -0.39 is 6.10 Å². The Morgan fingerprint density at radius 3 is 2.89 bits per heavy atom. The highest BCUT2D eigenvalue weighted by Crippen LogP contribution is 2.20. The first-order chi connectivity index (χ1) is 8.69. The minimum atomic E-state index is -0.694. The van der Waals surface area contributed by atoms with Crippen molar-refractivity contribution in [3.05, 3.63) is 42.2 Å². The largest absolute Gasteiger partial charge is 0.497 e. The van der Waals surface area contributed by atoms with Gasteiger partial charge >= 0.3 is 0 Å². The molecule has 5 heteroatoms. The Bertz CT molecular complexity index is 510. The van der Waals surface area contributed by atoms with Crippen LogP contribution in [0.1, 0.15) is 11.7 Å². The first-order valence-corrected chi connectivity index (χ1v) is 5.62. The maximum atomic E-state index is 10.0. The van der Waals surface area contributed by atoms with Gasteiger partial charge in [0.25, 0.3) is 0 Å². The molecule has 2 rings (SSSR count). The van der Waals surface area contributed by atoms with Crippen molar-refractivity contribution >= 4 is 0 Å². The molecule has 0 bridgehead atoms. The number of hydrogen-bond donors (Lipinski definition) is 1. The van der Waals surface area contributed by atoms with Crippen LogP contribution in [0, 0.1) is 0 Å². The average molecular weight is 248 g/mol. The fourth-order valence-corrected chi connectivity index (χ4v) is 1.59. The lowest BCUT2D eigenvalue weighted by atomic mass is 10.1. The van der Waals surface area contributed by atoms with Crippen molar-refractivity contribution in [1.82, 2.24) is 9.78 Å². The second-order valence-corrected chi connectivity index (χ2v) is 3.95. The topological polar surface area (TPSA) is 56.5 Å². The van der Waals surface area contributed by atoms with Crippen LogP contribution in [0.5, 0.6) is 11.5 Å². The average Bonchev–Trinajstić information content (AvgIpc) is 2.82. The van der Waals surface area contributed by atoms with Crippen LogP contribution in [0.4, 0.5) is 0 Å². The molecule has 0 aliphatic carbocycles. The molecule has 1 aromatic carbocycles. The Morgan fingerprint density at radius 1 is 1.39 bits per heavy atom. The second-order valence-electron chi connectivity index (χ2n) is 3.95. The summed E-state index contributed by atoms with van der Waals surface area (Å²) in [4.78, 5) is 0. The molecule has 0 aliphatic rings. The molecule has 0 saturated heterocycles. The number of aliphatic hydroxyl groups excluding tert-OH is 1. The van der Waals surface area contributed by atoms with Gasteiger partial charge in [0, 0.05) is 7.05 Å². The lowest BCUT2D eigenvalue weighted by Gasteiger charge is -2.12. The Kier molecular flexibility index (Phi) is 3.84. The normalized spacial score (nSPS) is 12.2. The molecule has 0 aliphatic heterocycles. The number of ether oxygens (including phenoxy) is 2. The number of aliphatic hydroxyl groups is 1. The number of aryl methyl sites for hydroxylation is 1. The van der Waals surface area contributed by atoms with E-state index in [0.717, 1.165) is 5.56 Å². The van der Waals surface area contributed by atoms with Crippen LogP contribution in [0.25, 0.3) is 0 Å². The summed E-state index contributed by atoms with van der Waals surface area (Å²) in [7, 11) is 3.41. The van der Waals surface area contributed by atoms with Gasteiger partial charge in [-0.3, -0.25) is 4.68 Å². The molecule has 1 atom stereocenters. The van der Waals surface area contributed by atoms with E-state index in [-0.39, 0.29) is 6.61 Å². The lowest BCUT2D eigenvalue weighted by molar-refractivity contribution is 0.108. The van der Waals surface area contributed by atoms with Crippen molar-refractivity contribution in [2.45, 2.75) is 6.10 Å². The summed E-state index contributed by atoms with van der Waals surface area (Å²) in [6.07, 6.45) is 2.66. The smallest absolute Gasteiger partial charge is 0.157 e. The molecule has 96 valence electrons. The van der Waals surface area contributed by atoms with Gasteiger partial charge in [0.05, 0.1) is 19.5 Å². The first kappa shape index (κ1) is 12.4. The quantitative estimate of drug-likeness (QED) is 0.872. The van der Waals surface area contributed by atoms with E-state index in [4.69, 9.17) is 9.47 Å². The summed E-state index contributed by atoms with van der Waals surface area (Å²) >= 11 is 0. The number of methoxy groups -OCH3 is 1. The highest BCUT2D eigenvalue weighted by Gasteiger charge is 2.09. The molecule has 1 aromatic heterocycles. The molecule has 0 saturated carbocycles. The van der Waals surface area contributed by atoms with Crippen molar-refractivity contribution in [3.8, 4) is 11.5 Å². The molecule has 2 aromatic rings. The van der Waals surface area contributed by atoms with Gasteiger partial charge < -0.3 is 14.6 Å². The fourth-order valence-electron chi connectivity index (χ4n) is 1.59. The number of rotatable bonds is 5. The maximum Gasteiger partial charge on any atom is 0.157 e. The van der Waals surface area contributed by atoms with E-state index in [1.165, 1.54) is 0 Å². The highest BCUT2D eigenvalue weighted by atomic mass is 16.5. The third-order valence-electron chi connectivity index (χ3n) is 2.57. The molecule has 5 nitrogen and oxygen atoms in total. The molecule has 1 unspecified atom stereocenters. The Balaban J connectivity index is 1.96. The summed E-state index contributed by atoms with van der Waals surface area (Å²) in [5, 5.41) is 14.0. The van der Waals surface area contributed by atoms with E-state index >= 15 is 0 Å². The van der Waals surface area contributed by atoms with E-state index in [1.54, 1.807) is 30.3 Å². The standard InChI is InChI=1S/C13H16N2O3/c1-15-8-12(7-14-15)18-9-13(16)10-4-3-5-11(6-10)17-2/h3-8,13,16H,9H2,1-2H3. The zero-order valence-electron chi connectivity index (χ0n) is 10.4. The number of aromatic nitrogens is 2. The zero-order valence-corrected chi connectivity index (χ0v) is 10.4. The van der Waals surface area contributed by atoms with Gasteiger partial charge in [-0.25, -0.2) is 0 Å². The monoisotopic (exact) mass is 248 g/mol. The van der Waals surface area contributed by atoms with E-state index in [9.17, 15) is 5.11 Å². The minimum Gasteiger partial charge on any atom is -0.497 e. The Labute approximate surface area is 106 Å². The predicted molar refractivity (Wildman–Crippen MR) is 66.7 cm³/mol. The lowest BCUT2D eigenvalue weighted by Crippen LogP contribution is -2.09. The van der Waals surface area contributed by atoms with Crippen molar-refractivity contribution < 1.29 is 14.6 Å². The third-order valence-corrected chi connectivity index (χ3v) is 2.57. The van der Waals surface area contributed by atoms with Gasteiger partial charge in [0.1, 0.15) is 18.5 Å². The highest BCUT2D eigenvalue weighted by molar-refractivity contribution is 5.30. The molecule has 0 radical (unpaired) electrons. The van der Waals surface area contributed by atoms with Crippen LogP contribution in [-0.4, -0.2) is 28.6 Å². The third kappa shape index (κ3) is 3.01. The van der Waals surface area contributed by atoms with Gasteiger partial charge in [0.15, 0.2) is 5.75 Å². The van der Waals surface area contributed by atoms with E-state index in [1.807, 2.05) is 25.2 Å². The number of benzene rings is 1. The van der Waals surface area contributed by atoms with E-state index in [2.05, 4.69) is 5.10 Å². The van der Waals surface area contributed by atoms with Gasteiger partial charge in [-0.05, 0) is 17.7 Å². The Morgan fingerprint density at radius 2 is 2.22 bits per heavy atom. The van der Waals surface area contributed by atoms with Crippen molar-refractivity contribution in [2.75, 3.05) is 13.7 Å². The van der Waals surface area contributed by atoms with Crippen LogP contribution in [0.2, 0.25) is 0 Å². The molecular formula is C13H16N2O3. The van der Waals surface area contributed by atoms with Gasteiger partial charge in [-0.1, -0.05) is 12.1 Å². The summed E-state index contributed by atoms with van der Waals surface area (Å²) in [6, 6.07) is 7.29.